The largest absolute Gasteiger partial charge is 0.362 e. The van der Waals surface area contributed by atoms with Crippen molar-refractivity contribution in [3.05, 3.63) is 84.1 Å². The molecule has 1 atom stereocenters. The minimum atomic E-state index is 0.0818. The molecule has 0 aliphatic rings. The summed E-state index contributed by atoms with van der Waals surface area (Å²) in [6, 6.07) is 24.3. The monoisotopic (exact) mass is 299 g/mol. The number of pyridine rings is 1. The topological polar surface area (TPSA) is 48.7 Å². The van der Waals surface area contributed by atoms with E-state index in [0.717, 1.165) is 16.7 Å². The highest BCUT2D eigenvalue weighted by atomic mass is 15.0. The predicted molar refractivity (Wildman–Crippen MR) is 92.9 cm³/mol. The molecular formula is C20H17N3. The van der Waals surface area contributed by atoms with Crippen LogP contribution in [0.25, 0.3) is 11.1 Å². The van der Waals surface area contributed by atoms with Crippen LogP contribution in [0.5, 0.6) is 0 Å². The average Bonchev–Trinajstić information content (AvgIpc) is 2.63. The van der Waals surface area contributed by atoms with E-state index in [1.54, 1.807) is 6.20 Å². The lowest BCUT2D eigenvalue weighted by Crippen LogP contribution is -2.09. The minimum absolute atomic E-state index is 0.0818. The van der Waals surface area contributed by atoms with Crippen LogP contribution in [0.3, 0.4) is 0 Å². The Hall–Kier alpha value is -3.12. The molecule has 1 heterocycles. The van der Waals surface area contributed by atoms with Gasteiger partial charge in [-0.05, 0) is 24.1 Å². The zero-order valence-corrected chi connectivity index (χ0v) is 12.9. The molecule has 2 aromatic carbocycles. The number of hydrogen-bond acceptors (Lipinski definition) is 3. The standard InChI is InChI=1S/C20H17N3/c1-15(16-8-4-2-5-9-16)23-20-18(13-21)12-19(14-22-20)17-10-6-3-7-11-17/h2-12,14-15H,1H3,(H,22,23)/t15-/m0/s1. The summed E-state index contributed by atoms with van der Waals surface area (Å²) in [4.78, 5) is 4.46. The van der Waals surface area contributed by atoms with E-state index in [4.69, 9.17) is 0 Å². The second-order valence-electron chi connectivity index (χ2n) is 5.37. The van der Waals surface area contributed by atoms with Gasteiger partial charge < -0.3 is 5.32 Å². The molecular weight excluding hydrogens is 282 g/mol. The number of nitrogens with one attached hydrogen (secondary N) is 1. The lowest BCUT2D eigenvalue weighted by Gasteiger charge is -2.16. The minimum Gasteiger partial charge on any atom is -0.362 e. The first-order valence-electron chi connectivity index (χ1n) is 7.55. The first-order valence-corrected chi connectivity index (χ1v) is 7.55. The predicted octanol–water partition coefficient (Wildman–Crippen LogP) is 4.79. The molecule has 23 heavy (non-hydrogen) atoms. The van der Waals surface area contributed by atoms with Crippen LogP contribution in [0.2, 0.25) is 0 Å². The highest BCUT2D eigenvalue weighted by Crippen LogP contribution is 2.25. The second-order valence-corrected chi connectivity index (χ2v) is 5.37. The molecule has 0 fully saturated rings. The third-order valence-corrected chi connectivity index (χ3v) is 3.77. The third-order valence-electron chi connectivity index (χ3n) is 3.77. The molecule has 3 nitrogen and oxygen atoms in total. The van der Waals surface area contributed by atoms with Crippen LogP contribution in [0, 0.1) is 11.3 Å². The number of aromatic nitrogens is 1. The molecule has 112 valence electrons. The fourth-order valence-corrected chi connectivity index (χ4v) is 2.48. The fraction of sp³-hybridized carbons (Fsp3) is 0.100. The maximum absolute atomic E-state index is 9.44. The van der Waals surface area contributed by atoms with Gasteiger partial charge in [0.05, 0.1) is 5.56 Å². The van der Waals surface area contributed by atoms with Crippen LogP contribution in [0.4, 0.5) is 5.82 Å². The number of anilines is 1. The van der Waals surface area contributed by atoms with Crippen LogP contribution >= 0.6 is 0 Å². The van der Waals surface area contributed by atoms with Gasteiger partial charge in [0.1, 0.15) is 11.9 Å². The van der Waals surface area contributed by atoms with Crippen molar-refractivity contribution < 1.29 is 0 Å². The van der Waals surface area contributed by atoms with Gasteiger partial charge in [-0.3, -0.25) is 0 Å². The summed E-state index contributed by atoms with van der Waals surface area (Å²) in [5.74, 6) is 0.614. The van der Waals surface area contributed by atoms with Crippen LogP contribution in [-0.2, 0) is 0 Å². The van der Waals surface area contributed by atoms with Crippen LogP contribution in [0.1, 0.15) is 24.1 Å². The maximum atomic E-state index is 9.44. The Morgan fingerprint density at radius 1 is 0.957 bits per heavy atom. The Balaban J connectivity index is 1.88. The van der Waals surface area contributed by atoms with E-state index in [2.05, 4.69) is 35.4 Å². The van der Waals surface area contributed by atoms with E-state index in [1.807, 2.05) is 54.6 Å². The van der Waals surface area contributed by atoms with Gasteiger partial charge in [0.2, 0.25) is 0 Å². The molecule has 0 saturated carbocycles. The van der Waals surface area contributed by atoms with Gasteiger partial charge >= 0.3 is 0 Å². The van der Waals surface area contributed by atoms with Gasteiger partial charge in [-0.15, -0.1) is 0 Å². The number of rotatable bonds is 4. The van der Waals surface area contributed by atoms with Crippen molar-refractivity contribution in [2.24, 2.45) is 0 Å². The Labute approximate surface area is 136 Å². The Morgan fingerprint density at radius 3 is 2.26 bits per heavy atom. The first kappa shape index (κ1) is 14.8. The van der Waals surface area contributed by atoms with Crippen molar-refractivity contribution in [3.63, 3.8) is 0 Å². The zero-order chi connectivity index (χ0) is 16.1. The van der Waals surface area contributed by atoms with Crippen molar-refractivity contribution >= 4 is 5.82 Å². The van der Waals surface area contributed by atoms with E-state index in [9.17, 15) is 5.26 Å². The van der Waals surface area contributed by atoms with Crippen molar-refractivity contribution in [1.29, 1.82) is 5.26 Å². The third kappa shape index (κ3) is 3.38. The molecule has 0 radical (unpaired) electrons. The molecule has 3 rings (SSSR count). The smallest absolute Gasteiger partial charge is 0.144 e. The van der Waals surface area contributed by atoms with Crippen LogP contribution < -0.4 is 5.32 Å². The zero-order valence-electron chi connectivity index (χ0n) is 12.9. The molecule has 0 bridgehead atoms. The van der Waals surface area contributed by atoms with Gasteiger partial charge in [-0.2, -0.15) is 5.26 Å². The number of hydrogen-bond donors (Lipinski definition) is 1. The Bertz CT molecular complexity index is 821. The summed E-state index contributed by atoms with van der Waals surface area (Å²) in [6.07, 6.45) is 1.80. The maximum Gasteiger partial charge on any atom is 0.144 e. The average molecular weight is 299 g/mol. The number of benzene rings is 2. The fourth-order valence-electron chi connectivity index (χ4n) is 2.48. The van der Waals surface area contributed by atoms with Crippen molar-refractivity contribution in [2.45, 2.75) is 13.0 Å². The summed E-state index contributed by atoms with van der Waals surface area (Å²) < 4.78 is 0. The second kappa shape index (κ2) is 6.76. The number of nitriles is 1. The van der Waals surface area contributed by atoms with Gasteiger partial charge in [-0.1, -0.05) is 60.7 Å². The summed E-state index contributed by atoms with van der Waals surface area (Å²) in [5.41, 5.74) is 3.71. The van der Waals surface area contributed by atoms with Gasteiger partial charge in [0, 0.05) is 17.8 Å². The quantitative estimate of drug-likeness (QED) is 0.753. The molecule has 0 amide bonds. The van der Waals surface area contributed by atoms with Gasteiger partial charge in [0.15, 0.2) is 0 Å². The summed E-state index contributed by atoms with van der Waals surface area (Å²) in [6.45, 7) is 2.06. The SMILES string of the molecule is C[C@H](Nc1ncc(-c2ccccc2)cc1C#N)c1ccccc1. The molecule has 0 aliphatic carbocycles. The van der Waals surface area contributed by atoms with Crippen LogP contribution in [-0.4, -0.2) is 4.98 Å². The summed E-state index contributed by atoms with van der Waals surface area (Å²) >= 11 is 0. The van der Waals surface area contributed by atoms with Crippen molar-refractivity contribution in [3.8, 4) is 17.2 Å². The lowest BCUT2D eigenvalue weighted by molar-refractivity contribution is 0.873. The van der Waals surface area contributed by atoms with Crippen molar-refractivity contribution in [2.75, 3.05) is 5.32 Å². The first-order chi connectivity index (χ1) is 11.3. The Kier molecular flexibility index (Phi) is 4.35. The van der Waals surface area contributed by atoms with E-state index in [1.165, 1.54) is 0 Å². The summed E-state index contributed by atoms with van der Waals surface area (Å²) in [5, 5.41) is 12.8. The molecule has 1 aromatic heterocycles. The van der Waals surface area contributed by atoms with Gasteiger partial charge in [-0.25, -0.2) is 4.98 Å². The molecule has 1 N–H and O–H groups in total. The van der Waals surface area contributed by atoms with Gasteiger partial charge in [0.25, 0.3) is 0 Å². The number of nitrogens with zero attached hydrogens (tertiary/aromatic N) is 2. The molecule has 3 aromatic rings. The molecule has 0 aliphatic heterocycles. The van der Waals surface area contributed by atoms with Crippen LogP contribution in [0.15, 0.2) is 72.9 Å². The normalized spacial score (nSPS) is 11.5. The highest BCUT2D eigenvalue weighted by molar-refractivity contribution is 5.67. The highest BCUT2D eigenvalue weighted by Gasteiger charge is 2.10. The molecule has 3 heteroatoms. The van der Waals surface area contributed by atoms with E-state index >= 15 is 0 Å². The Morgan fingerprint density at radius 2 is 1.61 bits per heavy atom. The van der Waals surface area contributed by atoms with E-state index in [-0.39, 0.29) is 6.04 Å². The van der Waals surface area contributed by atoms with Crippen molar-refractivity contribution in [1.82, 2.24) is 4.98 Å². The molecule has 0 spiro atoms. The van der Waals surface area contributed by atoms with E-state index < -0.39 is 0 Å². The molecule has 0 saturated heterocycles. The molecule has 0 unspecified atom stereocenters. The lowest BCUT2D eigenvalue weighted by atomic mass is 10.1. The van der Waals surface area contributed by atoms with E-state index in [0.29, 0.717) is 11.4 Å². The summed E-state index contributed by atoms with van der Waals surface area (Å²) in [7, 11) is 0.